The summed E-state index contributed by atoms with van der Waals surface area (Å²) in [6.07, 6.45) is 1.58. The van der Waals surface area contributed by atoms with Gasteiger partial charge in [-0.25, -0.2) is 16.8 Å². The van der Waals surface area contributed by atoms with Crippen LogP contribution in [0.2, 0.25) is 0 Å². The van der Waals surface area contributed by atoms with Crippen molar-refractivity contribution in [2.24, 2.45) is 0 Å². The van der Waals surface area contributed by atoms with E-state index in [1.165, 1.54) is 46.8 Å². The zero-order valence-corrected chi connectivity index (χ0v) is 15.8. The van der Waals surface area contributed by atoms with Crippen LogP contribution in [0.5, 0.6) is 0 Å². The molecule has 0 radical (unpaired) electrons. The first-order valence-corrected chi connectivity index (χ1v) is 11.1. The standard InChI is InChI=1S/C17H18N2O6S2/c20-17(21)13-5-3-7-15(11-13)26(22,23)18-14-6-4-8-16(12-14)27(24,25)19-9-1-2-10-19/h3-8,11-12,18H,1-2,9-10H2,(H,20,21)/p-1. The van der Waals surface area contributed by atoms with Gasteiger partial charge in [-0.05, 0) is 48.7 Å². The molecule has 0 bridgehead atoms. The molecule has 0 spiro atoms. The van der Waals surface area contributed by atoms with Gasteiger partial charge in [0.25, 0.3) is 10.0 Å². The Bertz CT molecular complexity index is 1070. The first-order chi connectivity index (χ1) is 12.7. The zero-order chi connectivity index (χ0) is 19.7. The second kappa shape index (κ2) is 7.29. The third-order valence-corrected chi connectivity index (χ3v) is 7.44. The molecule has 0 unspecified atom stereocenters. The second-order valence-corrected chi connectivity index (χ2v) is 9.68. The summed E-state index contributed by atoms with van der Waals surface area (Å²) in [5, 5.41) is 10.9. The zero-order valence-electron chi connectivity index (χ0n) is 14.2. The monoisotopic (exact) mass is 409 g/mol. The number of sulfonamides is 2. The van der Waals surface area contributed by atoms with E-state index < -0.39 is 26.0 Å². The van der Waals surface area contributed by atoms with Gasteiger partial charge >= 0.3 is 0 Å². The maximum atomic E-state index is 12.6. The van der Waals surface area contributed by atoms with Crippen LogP contribution in [0.1, 0.15) is 23.2 Å². The number of aromatic carboxylic acids is 1. The van der Waals surface area contributed by atoms with Crippen molar-refractivity contribution in [3.63, 3.8) is 0 Å². The van der Waals surface area contributed by atoms with Gasteiger partial charge in [-0.3, -0.25) is 4.72 Å². The maximum Gasteiger partial charge on any atom is 0.261 e. The highest BCUT2D eigenvalue weighted by Crippen LogP contribution is 2.24. The Balaban J connectivity index is 1.90. The van der Waals surface area contributed by atoms with Crippen LogP contribution in [0.4, 0.5) is 5.69 Å². The van der Waals surface area contributed by atoms with Crippen LogP contribution in [0, 0.1) is 0 Å². The molecule has 1 aliphatic heterocycles. The van der Waals surface area contributed by atoms with Gasteiger partial charge < -0.3 is 9.90 Å². The van der Waals surface area contributed by atoms with E-state index in [0.29, 0.717) is 13.1 Å². The van der Waals surface area contributed by atoms with E-state index in [9.17, 15) is 26.7 Å². The number of carbonyl (C=O) groups excluding carboxylic acids is 1. The summed E-state index contributed by atoms with van der Waals surface area (Å²) in [7, 11) is -7.79. The van der Waals surface area contributed by atoms with Crippen molar-refractivity contribution < 1.29 is 26.7 Å². The van der Waals surface area contributed by atoms with E-state index in [2.05, 4.69) is 4.72 Å². The summed E-state index contributed by atoms with van der Waals surface area (Å²) in [6.45, 7) is 0.878. The number of benzene rings is 2. The van der Waals surface area contributed by atoms with Crippen molar-refractivity contribution in [3.05, 3.63) is 54.1 Å². The van der Waals surface area contributed by atoms with Gasteiger partial charge in [0, 0.05) is 13.1 Å². The van der Waals surface area contributed by atoms with Gasteiger partial charge in [-0.2, -0.15) is 4.31 Å². The van der Waals surface area contributed by atoms with Gasteiger partial charge in [0.05, 0.1) is 21.4 Å². The number of hydrogen-bond donors (Lipinski definition) is 1. The van der Waals surface area contributed by atoms with Crippen LogP contribution in [0.15, 0.2) is 58.3 Å². The molecule has 3 rings (SSSR count). The number of nitrogens with zero attached hydrogens (tertiary/aromatic N) is 1. The van der Waals surface area contributed by atoms with Crippen LogP contribution >= 0.6 is 0 Å². The number of nitrogens with one attached hydrogen (secondary N) is 1. The molecule has 1 saturated heterocycles. The molecule has 0 saturated carbocycles. The van der Waals surface area contributed by atoms with Gasteiger partial charge in [0.1, 0.15) is 0 Å². The molecule has 144 valence electrons. The van der Waals surface area contributed by atoms with Crippen molar-refractivity contribution in [1.82, 2.24) is 4.31 Å². The van der Waals surface area contributed by atoms with Gasteiger partial charge in [-0.15, -0.1) is 0 Å². The fourth-order valence-electron chi connectivity index (χ4n) is 2.80. The number of carboxylic acids is 1. The lowest BCUT2D eigenvalue weighted by Crippen LogP contribution is -2.28. The molecule has 0 atom stereocenters. The topological polar surface area (TPSA) is 124 Å². The maximum absolute atomic E-state index is 12.6. The van der Waals surface area contributed by atoms with E-state index in [1.807, 2.05) is 0 Å². The molecule has 0 aromatic heterocycles. The first-order valence-electron chi connectivity index (χ1n) is 8.15. The quantitative estimate of drug-likeness (QED) is 0.747. The van der Waals surface area contributed by atoms with E-state index in [0.717, 1.165) is 18.9 Å². The van der Waals surface area contributed by atoms with Crippen LogP contribution < -0.4 is 9.83 Å². The van der Waals surface area contributed by atoms with Crippen LogP contribution in [-0.4, -0.2) is 40.2 Å². The predicted octanol–water partition coefficient (Wildman–Crippen LogP) is 0.635. The number of carboxylic acid groups (broad SMARTS) is 1. The van der Waals surface area contributed by atoms with Crippen LogP contribution in [0.25, 0.3) is 0 Å². The first kappa shape index (κ1) is 19.3. The molecule has 1 N–H and O–H groups in total. The third kappa shape index (κ3) is 4.12. The SMILES string of the molecule is O=C([O-])c1cccc(S(=O)(=O)Nc2cccc(S(=O)(=O)N3CCCC3)c2)c1. The van der Waals surface area contributed by atoms with Crippen LogP contribution in [-0.2, 0) is 20.0 Å². The smallest absolute Gasteiger partial charge is 0.261 e. The number of rotatable bonds is 6. The Labute approximate surface area is 157 Å². The van der Waals surface area contributed by atoms with E-state index in [4.69, 9.17) is 0 Å². The number of hydrogen-bond acceptors (Lipinski definition) is 6. The summed E-state index contributed by atoms with van der Waals surface area (Å²) in [5.74, 6) is -1.49. The summed E-state index contributed by atoms with van der Waals surface area (Å²) in [4.78, 5) is 10.6. The molecule has 0 aliphatic carbocycles. The molecular formula is C17H17N2O6S2-. The van der Waals surface area contributed by atoms with Gasteiger partial charge in [-0.1, -0.05) is 18.2 Å². The molecule has 0 amide bonds. The minimum atomic E-state index is -4.10. The molecule has 10 heteroatoms. The summed E-state index contributed by atoms with van der Waals surface area (Å²) in [5.41, 5.74) is -0.211. The van der Waals surface area contributed by atoms with Gasteiger partial charge in [0.2, 0.25) is 10.0 Å². The Hall–Kier alpha value is -2.43. The molecule has 27 heavy (non-hydrogen) atoms. The van der Waals surface area contributed by atoms with Crippen molar-refractivity contribution >= 4 is 31.7 Å². The number of anilines is 1. The largest absolute Gasteiger partial charge is 0.545 e. The van der Waals surface area contributed by atoms with Crippen molar-refractivity contribution in [2.75, 3.05) is 17.8 Å². The van der Waals surface area contributed by atoms with E-state index >= 15 is 0 Å². The molecule has 8 nitrogen and oxygen atoms in total. The van der Waals surface area contributed by atoms with Crippen molar-refractivity contribution in [1.29, 1.82) is 0 Å². The highest BCUT2D eigenvalue weighted by Gasteiger charge is 2.27. The summed E-state index contributed by atoms with van der Waals surface area (Å²) < 4.78 is 53.9. The Morgan fingerprint density at radius 3 is 2.22 bits per heavy atom. The number of carbonyl (C=O) groups is 1. The molecule has 1 heterocycles. The van der Waals surface area contributed by atoms with Gasteiger partial charge in [0.15, 0.2) is 0 Å². The Morgan fingerprint density at radius 2 is 1.56 bits per heavy atom. The fraction of sp³-hybridized carbons (Fsp3) is 0.235. The van der Waals surface area contributed by atoms with Crippen LogP contribution in [0.3, 0.4) is 0 Å². The second-order valence-electron chi connectivity index (χ2n) is 6.06. The third-order valence-electron chi connectivity index (χ3n) is 4.17. The highest BCUT2D eigenvalue weighted by molar-refractivity contribution is 7.92. The normalized spacial score (nSPS) is 15.6. The summed E-state index contributed by atoms with van der Waals surface area (Å²) >= 11 is 0. The van der Waals surface area contributed by atoms with E-state index in [-0.39, 0.29) is 21.0 Å². The van der Waals surface area contributed by atoms with Crippen molar-refractivity contribution in [3.8, 4) is 0 Å². The average molecular weight is 409 g/mol. The Kier molecular flexibility index (Phi) is 5.22. The van der Waals surface area contributed by atoms with E-state index in [1.54, 1.807) is 0 Å². The lowest BCUT2D eigenvalue weighted by molar-refractivity contribution is -0.255. The van der Waals surface area contributed by atoms with Crippen molar-refractivity contribution in [2.45, 2.75) is 22.6 Å². The summed E-state index contributed by atoms with van der Waals surface area (Å²) in [6, 6.07) is 10.2. The lowest BCUT2D eigenvalue weighted by atomic mass is 10.2. The minimum Gasteiger partial charge on any atom is -0.545 e. The lowest BCUT2D eigenvalue weighted by Gasteiger charge is -2.16. The molecule has 1 fully saturated rings. The molecule has 2 aromatic rings. The molecule has 1 aliphatic rings. The average Bonchev–Trinajstić information content (AvgIpc) is 3.17. The molecular weight excluding hydrogens is 392 g/mol. The minimum absolute atomic E-state index is 0.00640. The Morgan fingerprint density at radius 1 is 0.926 bits per heavy atom. The fourth-order valence-corrected chi connectivity index (χ4v) is 5.46. The highest BCUT2D eigenvalue weighted by atomic mass is 32.2. The predicted molar refractivity (Wildman–Crippen MR) is 96.0 cm³/mol. The molecule has 2 aromatic carbocycles.